The minimum absolute atomic E-state index is 0.250. The van der Waals surface area contributed by atoms with Crippen LogP contribution < -0.4 is 0 Å². The van der Waals surface area contributed by atoms with Crippen molar-refractivity contribution in [2.75, 3.05) is 0 Å². The van der Waals surface area contributed by atoms with Crippen molar-refractivity contribution >= 4 is 9.28 Å². The summed E-state index contributed by atoms with van der Waals surface area (Å²) in [6.45, 7) is 5.47. The van der Waals surface area contributed by atoms with Crippen molar-refractivity contribution in [1.82, 2.24) is 0 Å². The van der Waals surface area contributed by atoms with E-state index in [1.807, 2.05) is 20.8 Å². The zero-order valence-corrected chi connectivity index (χ0v) is 6.13. The Morgan fingerprint density at radius 2 is 1.29 bits per heavy atom. The van der Waals surface area contributed by atoms with Crippen LogP contribution in [-0.4, -0.2) is 18.9 Å². The Kier molecular flexibility index (Phi) is 1.98. The number of hydrogen-bond donors (Lipinski definition) is 2. The van der Waals surface area contributed by atoms with Crippen LogP contribution in [0.25, 0.3) is 0 Å². The molecular weight excluding hydrogens is 108 g/mol. The smallest absolute Gasteiger partial charge is 0.321 e. The standard InChI is InChI=1S/C4H12O2Si/c1-4(2,3)7(5)6/h5-7H,1-3H3. The van der Waals surface area contributed by atoms with Gasteiger partial charge in [-0.15, -0.1) is 0 Å². The fourth-order valence-corrected chi connectivity index (χ4v) is 0. The van der Waals surface area contributed by atoms with Crippen molar-refractivity contribution in [2.45, 2.75) is 25.8 Å². The summed E-state index contributed by atoms with van der Waals surface area (Å²) in [6.07, 6.45) is 0. The van der Waals surface area contributed by atoms with Crippen LogP contribution in [0.15, 0.2) is 0 Å². The van der Waals surface area contributed by atoms with Crippen molar-refractivity contribution in [3.63, 3.8) is 0 Å². The molecule has 0 atom stereocenters. The lowest BCUT2D eigenvalue weighted by molar-refractivity contribution is 0.362. The maximum atomic E-state index is 8.58. The first-order valence-electron chi connectivity index (χ1n) is 2.31. The first kappa shape index (κ1) is 7.14. The lowest BCUT2D eigenvalue weighted by atomic mass is 10.3. The molecule has 0 amide bonds. The van der Waals surface area contributed by atoms with Crippen LogP contribution >= 0.6 is 0 Å². The molecule has 0 aliphatic carbocycles. The Labute approximate surface area is 45.6 Å². The van der Waals surface area contributed by atoms with Crippen LogP contribution in [0, 0.1) is 0 Å². The van der Waals surface area contributed by atoms with Crippen molar-refractivity contribution in [3.8, 4) is 0 Å². The van der Waals surface area contributed by atoms with Crippen LogP contribution in [0.1, 0.15) is 20.8 Å². The Hall–Kier alpha value is 0.137. The second-order valence-electron chi connectivity index (χ2n) is 2.74. The predicted molar refractivity (Wildman–Crippen MR) is 31.3 cm³/mol. The molecule has 0 radical (unpaired) electrons. The van der Waals surface area contributed by atoms with Crippen molar-refractivity contribution in [1.29, 1.82) is 0 Å². The van der Waals surface area contributed by atoms with Gasteiger partial charge in [-0.2, -0.15) is 0 Å². The fraction of sp³-hybridized carbons (Fsp3) is 1.00. The van der Waals surface area contributed by atoms with Gasteiger partial charge in [0.2, 0.25) is 0 Å². The molecule has 0 unspecified atom stereocenters. The van der Waals surface area contributed by atoms with E-state index < -0.39 is 9.28 Å². The molecular formula is C4H12O2Si. The van der Waals surface area contributed by atoms with Gasteiger partial charge in [-0.1, -0.05) is 20.8 Å². The second-order valence-corrected chi connectivity index (χ2v) is 5.22. The van der Waals surface area contributed by atoms with E-state index in [1.165, 1.54) is 0 Å². The average molecular weight is 120 g/mol. The Morgan fingerprint density at radius 3 is 1.29 bits per heavy atom. The van der Waals surface area contributed by atoms with Crippen molar-refractivity contribution in [2.24, 2.45) is 0 Å². The van der Waals surface area contributed by atoms with Gasteiger partial charge in [0.25, 0.3) is 0 Å². The van der Waals surface area contributed by atoms with Gasteiger partial charge in [-0.05, 0) is 0 Å². The highest BCUT2D eigenvalue weighted by atomic mass is 28.3. The first-order chi connectivity index (χ1) is 2.94. The van der Waals surface area contributed by atoms with Gasteiger partial charge >= 0.3 is 9.28 Å². The molecule has 3 heteroatoms. The molecule has 0 aliphatic heterocycles. The molecule has 0 saturated carbocycles. The zero-order chi connectivity index (χ0) is 6.08. The van der Waals surface area contributed by atoms with Gasteiger partial charge in [0.1, 0.15) is 0 Å². The summed E-state index contributed by atoms with van der Waals surface area (Å²) in [5.41, 5.74) is 0. The molecule has 7 heavy (non-hydrogen) atoms. The Morgan fingerprint density at radius 1 is 1.14 bits per heavy atom. The molecule has 0 aliphatic rings. The van der Waals surface area contributed by atoms with E-state index in [1.54, 1.807) is 0 Å². The third-order valence-electron chi connectivity index (χ3n) is 0.775. The third kappa shape index (κ3) is 2.79. The van der Waals surface area contributed by atoms with Gasteiger partial charge in [0, 0.05) is 5.04 Å². The topological polar surface area (TPSA) is 40.5 Å². The van der Waals surface area contributed by atoms with Gasteiger partial charge in [0.15, 0.2) is 0 Å². The molecule has 0 aromatic carbocycles. The van der Waals surface area contributed by atoms with E-state index in [0.29, 0.717) is 0 Å². The summed E-state index contributed by atoms with van der Waals surface area (Å²) in [5.74, 6) is 0. The Bertz CT molecular complexity index is 55.2. The normalized spacial score (nSPS) is 12.9. The summed E-state index contributed by atoms with van der Waals surface area (Å²) >= 11 is 0. The van der Waals surface area contributed by atoms with E-state index in [4.69, 9.17) is 9.59 Å². The van der Waals surface area contributed by atoms with Gasteiger partial charge in [-0.3, -0.25) is 0 Å². The highest BCUT2D eigenvalue weighted by molar-refractivity contribution is 6.45. The molecule has 0 aromatic rings. The molecule has 0 fully saturated rings. The molecule has 44 valence electrons. The van der Waals surface area contributed by atoms with E-state index >= 15 is 0 Å². The van der Waals surface area contributed by atoms with E-state index in [0.717, 1.165) is 0 Å². The molecule has 0 aromatic heterocycles. The van der Waals surface area contributed by atoms with Crippen LogP contribution in [0.4, 0.5) is 0 Å². The summed E-state index contributed by atoms with van der Waals surface area (Å²) in [5, 5.41) is -0.250. The molecule has 2 N–H and O–H groups in total. The minimum atomic E-state index is -2.36. The average Bonchev–Trinajstić information content (AvgIpc) is 1.31. The SMILES string of the molecule is CC(C)(C)[SiH](O)O. The van der Waals surface area contributed by atoms with E-state index in [-0.39, 0.29) is 5.04 Å². The summed E-state index contributed by atoms with van der Waals surface area (Å²) in [7, 11) is -2.36. The lowest BCUT2D eigenvalue weighted by Gasteiger charge is -2.16. The largest absolute Gasteiger partial charge is 0.413 e. The van der Waals surface area contributed by atoms with Crippen LogP contribution in [0.2, 0.25) is 5.04 Å². The highest BCUT2D eigenvalue weighted by Crippen LogP contribution is 2.22. The van der Waals surface area contributed by atoms with Gasteiger partial charge in [0.05, 0.1) is 0 Å². The molecule has 0 saturated heterocycles. The maximum Gasteiger partial charge on any atom is 0.321 e. The van der Waals surface area contributed by atoms with E-state index in [2.05, 4.69) is 0 Å². The number of hydrogen-bond acceptors (Lipinski definition) is 2. The molecule has 0 heterocycles. The monoisotopic (exact) mass is 120 g/mol. The summed E-state index contributed by atoms with van der Waals surface area (Å²) in [4.78, 5) is 17.2. The first-order valence-corrected chi connectivity index (χ1v) is 3.92. The Balaban J connectivity index is 3.54. The summed E-state index contributed by atoms with van der Waals surface area (Å²) in [6, 6.07) is 0. The summed E-state index contributed by atoms with van der Waals surface area (Å²) < 4.78 is 0. The van der Waals surface area contributed by atoms with Crippen LogP contribution in [0.5, 0.6) is 0 Å². The minimum Gasteiger partial charge on any atom is -0.413 e. The second kappa shape index (κ2) is 1.94. The van der Waals surface area contributed by atoms with Crippen molar-refractivity contribution < 1.29 is 9.59 Å². The lowest BCUT2D eigenvalue weighted by Crippen LogP contribution is -2.24. The van der Waals surface area contributed by atoms with Crippen molar-refractivity contribution in [3.05, 3.63) is 0 Å². The third-order valence-corrected chi connectivity index (χ3v) is 2.32. The van der Waals surface area contributed by atoms with Gasteiger partial charge < -0.3 is 9.59 Å². The molecule has 0 bridgehead atoms. The predicted octanol–water partition coefficient (Wildman–Crippen LogP) is -0.00840. The van der Waals surface area contributed by atoms with E-state index in [9.17, 15) is 0 Å². The van der Waals surface area contributed by atoms with Gasteiger partial charge in [-0.25, -0.2) is 0 Å². The highest BCUT2D eigenvalue weighted by Gasteiger charge is 2.21. The molecule has 0 rings (SSSR count). The number of rotatable bonds is 0. The van der Waals surface area contributed by atoms with Crippen LogP contribution in [-0.2, 0) is 0 Å². The quantitative estimate of drug-likeness (QED) is 0.441. The fourth-order valence-electron chi connectivity index (χ4n) is 0. The molecule has 2 nitrogen and oxygen atoms in total. The zero-order valence-electron chi connectivity index (χ0n) is 4.97. The maximum absolute atomic E-state index is 8.58. The molecule has 0 spiro atoms. The van der Waals surface area contributed by atoms with Crippen LogP contribution in [0.3, 0.4) is 0 Å².